The van der Waals surface area contributed by atoms with E-state index >= 15 is 0 Å². The molecule has 8 heteroatoms. The molecule has 162 valence electrons. The topological polar surface area (TPSA) is 83.8 Å². The SMILES string of the molecule is COc1ccc(C(=O)C[n+]2c(O)[n+](-c3cccc(Cl)c3)c(O)c3ccccc32)cc1OC. The number of rotatable bonds is 6. The fourth-order valence-electron chi connectivity index (χ4n) is 3.60. The minimum Gasteiger partial charge on any atom is -0.493 e. The molecule has 0 amide bonds. The Kier molecular flexibility index (Phi) is 5.83. The second-order valence-corrected chi connectivity index (χ2v) is 7.47. The van der Waals surface area contributed by atoms with Gasteiger partial charge in [-0.15, -0.1) is 0 Å². The Morgan fingerprint density at radius 1 is 0.938 bits per heavy atom. The Labute approximate surface area is 189 Å². The number of Topliss-reactive ketones (excluding diaryl/α,β-unsaturated/α-hetero) is 1. The van der Waals surface area contributed by atoms with Crippen molar-refractivity contribution < 1.29 is 33.6 Å². The molecule has 0 bridgehead atoms. The molecule has 0 aliphatic carbocycles. The molecule has 7 nitrogen and oxygen atoms in total. The second kappa shape index (κ2) is 8.72. The van der Waals surface area contributed by atoms with Crippen LogP contribution in [-0.2, 0) is 6.54 Å². The zero-order chi connectivity index (χ0) is 22.8. The van der Waals surface area contributed by atoms with E-state index in [0.717, 1.165) is 0 Å². The van der Waals surface area contributed by atoms with Gasteiger partial charge in [0.25, 0.3) is 0 Å². The van der Waals surface area contributed by atoms with Gasteiger partial charge >= 0.3 is 11.9 Å². The molecule has 1 heterocycles. The van der Waals surface area contributed by atoms with Crippen LogP contribution in [0, 0.1) is 0 Å². The molecule has 32 heavy (non-hydrogen) atoms. The van der Waals surface area contributed by atoms with Crippen molar-refractivity contribution >= 4 is 28.3 Å². The van der Waals surface area contributed by atoms with Crippen LogP contribution >= 0.6 is 11.6 Å². The van der Waals surface area contributed by atoms with Crippen LogP contribution in [0.3, 0.4) is 0 Å². The summed E-state index contributed by atoms with van der Waals surface area (Å²) in [5, 5.41) is 22.9. The number of benzene rings is 3. The van der Waals surface area contributed by atoms with Gasteiger partial charge in [0, 0.05) is 28.8 Å². The van der Waals surface area contributed by atoms with Crippen LogP contribution in [0.2, 0.25) is 5.02 Å². The van der Waals surface area contributed by atoms with Gasteiger partial charge in [-0.3, -0.25) is 4.79 Å². The van der Waals surface area contributed by atoms with Crippen molar-refractivity contribution in [1.29, 1.82) is 0 Å². The molecule has 4 aromatic rings. The fourth-order valence-corrected chi connectivity index (χ4v) is 3.78. The van der Waals surface area contributed by atoms with Gasteiger partial charge in [-0.25, -0.2) is 0 Å². The maximum absolute atomic E-state index is 13.1. The molecule has 0 radical (unpaired) electrons. The fraction of sp³-hybridized carbons (Fsp3) is 0.125. The first-order chi connectivity index (χ1) is 15.4. The number of para-hydroxylation sites is 1. The summed E-state index contributed by atoms with van der Waals surface area (Å²) >= 11 is 6.12. The van der Waals surface area contributed by atoms with E-state index < -0.39 is 0 Å². The molecule has 3 aromatic carbocycles. The summed E-state index contributed by atoms with van der Waals surface area (Å²) in [5.41, 5.74) is 1.33. The van der Waals surface area contributed by atoms with Gasteiger partial charge < -0.3 is 19.7 Å². The monoisotopic (exact) mass is 452 g/mol. The summed E-state index contributed by atoms with van der Waals surface area (Å²) in [4.78, 5) is 13.1. The number of methoxy groups -OCH3 is 2. The van der Waals surface area contributed by atoms with E-state index in [9.17, 15) is 15.0 Å². The van der Waals surface area contributed by atoms with E-state index in [2.05, 4.69) is 0 Å². The summed E-state index contributed by atoms with van der Waals surface area (Å²) in [6, 6.07) is 18.2. The van der Waals surface area contributed by atoms with Crippen LogP contribution in [0.15, 0.2) is 66.7 Å². The summed E-state index contributed by atoms with van der Waals surface area (Å²) in [6.45, 7) is -0.178. The number of ketones is 1. The lowest BCUT2D eigenvalue weighted by molar-refractivity contribution is -0.774. The quantitative estimate of drug-likeness (QED) is 0.346. The molecule has 0 saturated carbocycles. The number of halogens is 1. The highest BCUT2D eigenvalue weighted by molar-refractivity contribution is 6.30. The van der Waals surface area contributed by atoms with Crippen LogP contribution in [-0.4, -0.2) is 30.2 Å². The van der Waals surface area contributed by atoms with E-state index in [0.29, 0.717) is 38.7 Å². The smallest absolute Gasteiger partial charge is 0.493 e. The number of carbonyl (C=O) groups is 1. The standard InChI is InChI=1S/C24H19ClN2O5/c1-31-21-11-10-15(12-22(21)32-2)20(28)14-26-19-9-4-3-8-18(19)23(29)27(24(26)30)17-7-5-6-16(25)13-17/h3-13H,14H2,1-2H3/p+2. The third-order valence-corrected chi connectivity index (χ3v) is 5.40. The number of aromatic hydroxyl groups is 2. The molecule has 0 fully saturated rings. The number of hydrogen-bond acceptors (Lipinski definition) is 5. The molecule has 2 N–H and O–H groups in total. The lowest BCUT2D eigenvalue weighted by Gasteiger charge is -2.09. The first-order valence-electron chi connectivity index (χ1n) is 9.74. The van der Waals surface area contributed by atoms with E-state index in [1.165, 1.54) is 23.4 Å². The average Bonchev–Trinajstić information content (AvgIpc) is 2.81. The first kappa shape index (κ1) is 21.4. The van der Waals surface area contributed by atoms with Crippen molar-refractivity contribution in [2.75, 3.05) is 14.2 Å². The molecule has 1 aromatic heterocycles. The van der Waals surface area contributed by atoms with Crippen molar-refractivity contribution in [3.63, 3.8) is 0 Å². The second-order valence-electron chi connectivity index (χ2n) is 7.04. The Hall–Kier alpha value is -3.84. The molecule has 0 atom stereocenters. The molecule has 0 aliphatic heterocycles. The highest BCUT2D eigenvalue weighted by Crippen LogP contribution is 2.28. The zero-order valence-electron chi connectivity index (χ0n) is 17.4. The number of carbonyl (C=O) groups excluding carboxylic acids is 1. The number of aromatic nitrogens is 2. The zero-order valence-corrected chi connectivity index (χ0v) is 18.2. The minimum atomic E-state index is -0.322. The minimum absolute atomic E-state index is 0.171. The van der Waals surface area contributed by atoms with Crippen molar-refractivity contribution in [3.8, 4) is 29.1 Å². The van der Waals surface area contributed by atoms with Crippen LogP contribution in [0.1, 0.15) is 10.4 Å². The maximum Gasteiger partial charge on any atom is 0.638 e. The van der Waals surface area contributed by atoms with Crippen molar-refractivity contribution in [1.82, 2.24) is 0 Å². The van der Waals surface area contributed by atoms with Gasteiger partial charge in [-0.1, -0.05) is 34.4 Å². The lowest BCUT2D eigenvalue weighted by Crippen LogP contribution is -2.48. The van der Waals surface area contributed by atoms with Gasteiger partial charge in [-0.2, -0.15) is 0 Å². The molecule has 0 saturated heterocycles. The van der Waals surface area contributed by atoms with Gasteiger partial charge in [0.2, 0.25) is 23.5 Å². The van der Waals surface area contributed by atoms with Crippen molar-refractivity contribution in [2.45, 2.75) is 6.54 Å². The van der Waals surface area contributed by atoms with Crippen LogP contribution < -0.4 is 18.6 Å². The summed E-state index contributed by atoms with van der Waals surface area (Å²) in [7, 11) is 3.01. The van der Waals surface area contributed by atoms with E-state index in [4.69, 9.17) is 21.1 Å². The Morgan fingerprint density at radius 2 is 1.69 bits per heavy atom. The molecular weight excluding hydrogens is 432 g/mol. The van der Waals surface area contributed by atoms with Crippen LogP contribution in [0.4, 0.5) is 0 Å². The molecule has 4 rings (SSSR count). The van der Waals surface area contributed by atoms with Gasteiger partial charge in [0.1, 0.15) is 0 Å². The van der Waals surface area contributed by atoms with Gasteiger partial charge in [0.15, 0.2) is 16.9 Å². The lowest BCUT2D eigenvalue weighted by atomic mass is 10.1. The average molecular weight is 453 g/mol. The molecular formula is C24H21ClN2O5+2. The van der Waals surface area contributed by atoms with Gasteiger partial charge in [-0.05, 0) is 34.9 Å². The Morgan fingerprint density at radius 3 is 2.41 bits per heavy atom. The number of nitrogens with zero attached hydrogens (tertiary/aromatic N) is 2. The maximum atomic E-state index is 13.1. The molecule has 0 spiro atoms. The molecule has 0 unspecified atom stereocenters. The summed E-state index contributed by atoms with van der Waals surface area (Å²) in [5.74, 6) is 0.500. The number of hydrogen-bond donors (Lipinski definition) is 2. The van der Waals surface area contributed by atoms with E-state index in [-0.39, 0.29) is 24.2 Å². The van der Waals surface area contributed by atoms with E-state index in [1.807, 2.05) is 0 Å². The Balaban J connectivity index is 1.86. The number of fused-ring (bicyclic) bond motifs is 1. The predicted molar refractivity (Wildman–Crippen MR) is 118 cm³/mol. The normalized spacial score (nSPS) is 10.8. The highest BCUT2D eigenvalue weighted by atomic mass is 35.5. The third-order valence-electron chi connectivity index (χ3n) is 5.16. The number of ether oxygens (including phenoxy) is 2. The Bertz CT molecular complexity index is 1340. The first-order valence-corrected chi connectivity index (χ1v) is 10.1. The summed E-state index contributed by atoms with van der Waals surface area (Å²) in [6.07, 6.45) is 0. The third kappa shape index (κ3) is 3.78. The highest BCUT2D eigenvalue weighted by Gasteiger charge is 2.36. The van der Waals surface area contributed by atoms with Crippen LogP contribution in [0.5, 0.6) is 23.4 Å². The van der Waals surface area contributed by atoms with Gasteiger partial charge in [0.05, 0.1) is 14.2 Å². The van der Waals surface area contributed by atoms with Crippen molar-refractivity contribution in [3.05, 3.63) is 77.3 Å². The molecule has 0 aliphatic rings. The summed E-state index contributed by atoms with van der Waals surface area (Å²) < 4.78 is 13.2. The predicted octanol–water partition coefficient (Wildman–Crippen LogP) is 3.37. The van der Waals surface area contributed by atoms with Crippen LogP contribution in [0.25, 0.3) is 16.6 Å². The largest absolute Gasteiger partial charge is 0.638 e. The van der Waals surface area contributed by atoms with E-state index in [1.54, 1.807) is 66.7 Å². The van der Waals surface area contributed by atoms with Crippen molar-refractivity contribution in [2.24, 2.45) is 0 Å².